The molecule has 0 radical (unpaired) electrons. The first-order valence-electron chi connectivity index (χ1n) is 7.44. The summed E-state index contributed by atoms with van der Waals surface area (Å²) in [6.45, 7) is 7.36. The molecule has 6 heteroatoms. The Bertz CT molecular complexity index is 442. The van der Waals surface area contributed by atoms with Crippen LogP contribution in [0.15, 0.2) is 18.2 Å². The number of benzene rings is 1. The minimum absolute atomic E-state index is 0. The summed E-state index contributed by atoms with van der Waals surface area (Å²) >= 11 is 0. The van der Waals surface area contributed by atoms with Gasteiger partial charge in [0.05, 0.1) is 6.54 Å². The molecule has 0 aliphatic carbocycles. The highest BCUT2D eigenvalue weighted by molar-refractivity contribution is 5.85. The number of halogens is 2. The highest BCUT2D eigenvalue weighted by atomic mass is 35.5. The maximum absolute atomic E-state index is 11.9. The van der Waals surface area contributed by atoms with Crippen LogP contribution in [0.1, 0.15) is 24.0 Å². The number of hydrogen-bond acceptors (Lipinski definition) is 3. The molecule has 1 fully saturated rings. The van der Waals surface area contributed by atoms with Crippen molar-refractivity contribution in [3.63, 3.8) is 0 Å². The summed E-state index contributed by atoms with van der Waals surface area (Å²) < 4.78 is 0. The predicted octanol–water partition coefficient (Wildman–Crippen LogP) is 2.67. The molecule has 3 N–H and O–H groups in total. The van der Waals surface area contributed by atoms with Gasteiger partial charge in [-0.25, -0.2) is 0 Å². The largest absolute Gasteiger partial charge is 0.376 e. The molecular formula is C16H27Cl2N3O. The van der Waals surface area contributed by atoms with E-state index in [2.05, 4.69) is 41.9 Å². The van der Waals surface area contributed by atoms with Gasteiger partial charge < -0.3 is 16.0 Å². The lowest BCUT2D eigenvalue weighted by molar-refractivity contribution is -0.119. The quantitative estimate of drug-likeness (QED) is 0.767. The monoisotopic (exact) mass is 347 g/mol. The smallest absolute Gasteiger partial charge is 0.239 e. The van der Waals surface area contributed by atoms with E-state index in [1.165, 1.54) is 24.0 Å². The summed E-state index contributed by atoms with van der Waals surface area (Å²) in [5.41, 5.74) is 3.42. The third-order valence-electron chi connectivity index (χ3n) is 3.89. The zero-order chi connectivity index (χ0) is 14.4. The van der Waals surface area contributed by atoms with Crippen molar-refractivity contribution in [3.8, 4) is 0 Å². The number of nitrogens with one attached hydrogen (secondary N) is 3. The number of carbonyl (C=O) groups excluding carboxylic acids is 1. The Morgan fingerprint density at radius 1 is 1.27 bits per heavy atom. The van der Waals surface area contributed by atoms with Gasteiger partial charge in [0.2, 0.25) is 5.91 Å². The summed E-state index contributed by atoms with van der Waals surface area (Å²) in [7, 11) is 0. The number of anilines is 1. The van der Waals surface area contributed by atoms with E-state index in [1.807, 2.05) is 6.07 Å². The van der Waals surface area contributed by atoms with Gasteiger partial charge in [-0.2, -0.15) is 0 Å². The Labute approximate surface area is 145 Å². The number of aryl methyl sites for hydroxylation is 2. The first-order chi connectivity index (χ1) is 9.66. The van der Waals surface area contributed by atoms with Gasteiger partial charge in [0.1, 0.15) is 0 Å². The minimum Gasteiger partial charge on any atom is -0.376 e. The zero-order valence-corrected chi connectivity index (χ0v) is 14.9. The summed E-state index contributed by atoms with van der Waals surface area (Å²) in [5.74, 6) is 0.645. The summed E-state index contributed by atoms with van der Waals surface area (Å²) in [5, 5.41) is 9.63. The molecule has 1 heterocycles. The van der Waals surface area contributed by atoms with E-state index in [9.17, 15) is 4.79 Å². The molecule has 1 aliphatic rings. The number of carbonyl (C=O) groups is 1. The standard InChI is InChI=1S/C16H25N3O.2ClH/c1-12-5-3-6-13(2)16(12)19-11-15(20)18-10-14-7-4-8-17-9-14;;/h3,5-6,14,17,19H,4,7-11H2,1-2H3,(H,18,20);2*1H. The molecule has 1 unspecified atom stereocenters. The normalized spacial score (nSPS) is 16.9. The molecule has 1 amide bonds. The molecule has 1 aromatic carbocycles. The topological polar surface area (TPSA) is 53.2 Å². The van der Waals surface area contributed by atoms with E-state index in [1.54, 1.807) is 0 Å². The van der Waals surface area contributed by atoms with Crippen LogP contribution in [-0.4, -0.2) is 32.1 Å². The van der Waals surface area contributed by atoms with Gasteiger partial charge in [0.15, 0.2) is 0 Å². The fourth-order valence-corrected chi connectivity index (χ4v) is 2.68. The second-order valence-corrected chi connectivity index (χ2v) is 5.64. The Balaban J connectivity index is 0.00000220. The lowest BCUT2D eigenvalue weighted by Gasteiger charge is -2.23. The van der Waals surface area contributed by atoms with Crippen LogP contribution in [0.3, 0.4) is 0 Å². The summed E-state index contributed by atoms with van der Waals surface area (Å²) in [6, 6.07) is 6.15. The van der Waals surface area contributed by atoms with E-state index in [0.717, 1.165) is 25.3 Å². The number of hydrogen-bond donors (Lipinski definition) is 3. The predicted molar refractivity (Wildman–Crippen MR) is 97.5 cm³/mol. The molecule has 0 bridgehead atoms. The Hall–Kier alpha value is -0.970. The van der Waals surface area contributed by atoms with Crippen LogP contribution >= 0.6 is 24.8 Å². The first kappa shape index (κ1) is 21.0. The molecule has 1 aromatic rings. The second kappa shape index (κ2) is 10.7. The molecule has 0 spiro atoms. The van der Waals surface area contributed by atoms with Crippen LogP contribution < -0.4 is 16.0 Å². The molecule has 126 valence electrons. The average Bonchev–Trinajstić information content (AvgIpc) is 2.46. The molecular weight excluding hydrogens is 321 g/mol. The van der Waals surface area contributed by atoms with Crippen molar-refractivity contribution in [1.82, 2.24) is 10.6 Å². The van der Waals surface area contributed by atoms with Crippen molar-refractivity contribution in [1.29, 1.82) is 0 Å². The number of rotatable bonds is 5. The molecule has 2 rings (SSSR count). The Morgan fingerprint density at radius 3 is 2.55 bits per heavy atom. The lowest BCUT2D eigenvalue weighted by Crippen LogP contribution is -2.39. The maximum Gasteiger partial charge on any atom is 0.239 e. The lowest BCUT2D eigenvalue weighted by atomic mass is 10.00. The van der Waals surface area contributed by atoms with Crippen molar-refractivity contribution in [2.24, 2.45) is 5.92 Å². The van der Waals surface area contributed by atoms with E-state index in [-0.39, 0.29) is 30.7 Å². The Morgan fingerprint density at radius 2 is 1.95 bits per heavy atom. The van der Waals surface area contributed by atoms with E-state index in [4.69, 9.17) is 0 Å². The van der Waals surface area contributed by atoms with Crippen LogP contribution in [0, 0.1) is 19.8 Å². The van der Waals surface area contributed by atoms with Crippen LogP contribution in [-0.2, 0) is 4.79 Å². The third kappa shape index (κ3) is 6.42. The van der Waals surface area contributed by atoms with Crippen molar-refractivity contribution >= 4 is 36.4 Å². The van der Waals surface area contributed by atoms with Gasteiger partial charge in [-0.15, -0.1) is 24.8 Å². The van der Waals surface area contributed by atoms with Gasteiger partial charge in [0.25, 0.3) is 0 Å². The van der Waals surface area contributed by atoms with E-state index < -0.39 is 0 Å². The van der Waals surface area contributed by atoms with Gasteiger partial charge in [-0.1, -0.05) is 18.2 Å². The summed E-state index contributed by atoms with van der Waals surface area (Å²) in [4.78, 5) is 11.9. The van der Waals surface area contributed by atoms with E-state index >= 15 is 0 Å². The third-order valence-corrected chi connectivity index (χ3v) is 3.89. The average molecular weight is 348 g/mol. The van der Waals surface area contributed by atoms with Gasteiger partial charge in [-0.05, 0) is 56.8 Å². The van der Waals surface area contributed by atoms with Gasteiger partial charge >= 0.3 is 0 Å². The molecule has 1 atom stereocenters. The van der Waals surface area contributed by atoms with Crippen LogP contribution in [0.4, 0.5) is 5.69 Å². The molecule has 4 nitrogen and oxygen atoms in total. The molecule has 22 heavy (non-hydrogen) atoms. The fourth-order valence-electron chi connectivity index (χ4n) is 2.68. The summed E-state index contributed by atoms with van der Waals surface area (Å²) in [6.07, 6.45) is 2.42. The van der Waals surface area contributed by atoms with Crippen molar-refractivity contribution in [3.05, 3.63) is 29.3 Å². The van der Waals surface area contributed by atoms with Gasteiger partial charge in [-0.3, -0.25) is 4.79 Å². The molecule has 1 saturated heterocycles. The number of amides is 1. The highest BCUT2D eigenvalue weighted by Crippen LogP contribution is 2.18. The SMILES string of the molecule is Cc1cccc(C)c1NCC(=O)NCC1CCCNC1.Cl.Cl. The maximum atomic E-state index is 11.9. The second-order valence-electron chi connectivity index (χ2n) is 5.64. The highest BCUT2D eigenvalue weighted by Gasteiger charge is 2.13. The fraction of sp³-hybridized carbons (Fsp3) is 0.562. The molecule has 0 saturated carbocycles. The molecule has 0 aromatic heterocycles. The van der Waals surface area contributed by atoms with Crippen molar-refractivity contribution < 1.29 is 4.79 Å². The van der Waals surface area contributed by atoms with Gasteiger partial charge in [0, 0.05) is 12.2 Å². The number of piperidine rings is 1. The first-order valence-corrected chi connectivity index (χ1v) is 7.44. The minimum atomic E-state index is 0. The zero-order valence-electron chi connectivity index (χ0n) is 13.3. The van der Waals surface area contributed by atoms with Crippen LogP contribution in [0.5, 0.6) is 0 Å². The molecule has 1 aliphatic heterocycles. The van der Waals surface area contributed by atoms with Crippen LogP contribution in [0.25, 0.3) is 0 Å². The van der Waals surface area contributed by atoms with E-state index in [0.29, 0.717) is 12.5 Å². The number of para-hydroxylation sites is 1. The van der Waals surface area contributed by atoms with Crippen LogP contribution in [0.2, 0.25) is 0 Å². The van der Waals surface area contributed by atoms with Crippen molar-refractivity contribution in [2.75, 3.05) is 31.5 Å². The van der Waals surface area contributed by atoms with Crippen molar-refractivity contribution in [2.45, 2.75) is 26.7 Å². The Kier molecular flexibility index (Phi) is 10.2.